The van der Waals surface area contributed by atoms with E-state index in [0.717, 1.165) is 36.4 Å². The number of nitrogens with zero attached hydrogens (tertiary/aromatic N) is 6. The van der Waals surface area contributed by atoms with Crippen molar-refractivity contribution in [3.8, 4) is 0 Å². The zero-order valence-corrected chi connectivity index (χ0v) is 15.2. The molecule has 0 aliphatic carbocycles. The van der Waals surface area contributed by atoms with Gasteiger partial charge in [-0.2, -0.15) is 0 Å². The highest BCUT2D eigenvalue weighted by molar-refractivity contribution is 5.70. The van der Waals surface area contributed by atoms with Gasteiger partial charge in [-0.1, -0.05) is 0 Å². The molecule has 0 radical (unpaired) electrons. The number of piperazine rings is 1. The third-order valence-electron chi connectivity index (χ3n) is 4.69. The summed E-state index contributed by atoms with van der Waals surface area (Å²) in [6.45, 7) is 0.674. The van der Waals surface area contributed by atoms with Crippen molar-refractivity contribution in [2.45, 2.75) is 0 Å². The van der Waals surface area contributed by atoms with E-state index >= 15 is 0 Å². The molecule has 14 heteroatoms. The minimum Gasteiger partial charge on any atom is -0.362 e. The van der Waals surface area contributed by atoms with Gasteiger partial charge in [0.1, 0.15) is 11.4 Å². The second-order valence-corrected chi connectivity index (χ2v) is 6.35. The van der Waals surface area contributed by atoms with E-state index < -0.39 is 19.7 Å². The Morgan fingerprint density at radius 2 is 0.900 bits per heavy atom. The predicted molar refractivity (Wildman–Crippen MR) is 104 cm³/mol. The number of benzene rings is 2. The molecule has 0 atom stereocenters. The van der Waals surface area contributed by atoms with Gasteiger partial charge in [-0.3, -0.25) is 40.5 Å². The maximum absolute atomic E-state index is 11.3. The Hall–Kier alpha value is -4.36. The molecule has 1 heterocycles. The zero-order chi connectivity index (χ0) is 22.0. The van der Waals surface area contributed by atoms with Gasteiger partial charge in [0, 0.05) is 62.6 Å². The van der Waals surface area contributed by atoms with Gasteiger partial charge in [0.2, 0.25) is 0 Å². The van der Waals surface area contributed by atoms with Crippen LogP contribution < -0.4 is 9.80 Å². The molecule has 0 saturated carbocycles. The second-order valence-electron chi connectivity index (χ2n) is 6.35. The number of rotatable bonds is 6. The van der Waals surface area contributed by atoms with Gasteiger partial charge >= 0.3 is 0 Å². The van der Waals surface area contributed by atoms with Gasteiger partial charge in [0.25, 0.3) is 22.7 Å². The van der Waals surface area contributed by atoms with Gasteiger partial charge in [-0.25, -0.2) is 0 Å². The van der Waals surface area contributed by atoms with Crippen molar-refractivity contribution in [2.24, 2.45) is 0 Å². The first kappa shape index (κ1) is 20.4. The number of hydrogen-bond acceptors (Lipinski definition) is 10. The van der Waals surface area contributed by atoms with E-state index in [1.165, 1.54) is 0 Å². The van der Waals surface area contributed by atoms with Crippen molar-refractivity contribution >= 4 is 34.1 Å². The summed E-state index contributed by atoms with van der Waals surface area (Å²) in [5.41, 5.74) is -1.05. The van der Waals surface area contributed by atoms with E-state index in [0.29, 0.717) is 0 Å². The fourth-order valence-corrected chi connectivity index (χ4v) is 3.25. The molecule has 0 amide bonds. The summed E-state index contributed by atoms with van der Waals surface area (Å²) in [6, 6.07) is 6.44. The van der Waals surface area contributed by atoms with Gasteiger partial charge in [0.05, 0.1) is 19.7 Å². The first-order valence-electron chi connectivity index (χ1n) is 8.54. The fraction of sp³-hybridized carbons (Fsp3) is 0.250. The lowest BCUT2D eigenvalue weighted by atomic mass is 10.1. The second kappa shape index (κ2) is 7.94. The fourth-order valence-electron chi connectivity index (χ4n) is 3.25. The first-order valence-corrected chi connectivity index (χ1v) is 8.54. The quantitative estimate of drug-likeness (QED) is 0.500. The minimum atomic E-state index is -0.657. The van der Waals surface area contributed by atoms with Crippen molar-refractivity contribution in [2.75, 3.05) is 36.0 Å². The number of nitro groups is 4. The summed E-state index contributed by atoms with van der Waals surface area (Å²) in [6.07, 6.45) is 0. The molecule has 30 heavy (non-hydrogen) atoms. The van der Waals surface area contributed by atoms with Crippen molar-refractivity contribution in [3.63, 3.8) is 0 Å². The lowest BCUT2D eigenvalue weighted by Gasteiger charge is -2.36. The van der Waals surface area contributed by atoms with E-state index in [-0.39, 0.29) is 60.3 Å². The highest BCUT2D eigenvalue weighted by Crippen LogP contribution is 2.36. The Kier molecular flexibility index (Phi) is 5.39. The molecule has 0 bridgehead atoms. The topological polar surface area (TPSA) is 179 Å². The number of non-ortho nitro benzene ring substituents is 2. The first-order chi connectivity index (χ1) is 14.2. The summed E-state index contributed by atoms with van der Waals surface area (Å²) in [5.74, 6) is 0. The van der Waals surface area contributed by atoms with E-state index in [4.69, 9.17) is 0 Å². The average molecular weight is 418 g/mol. The summed E-state index contributed by atoms with van der Waals surface area (Å²) in [4.78, 5) is 45.2. The molecule has 1 aliphatic heterocycles. The molecule has 1 fully saturated rings. The van der Waals surface area contributed by atoms with Crippen molar-refractivity contribution in [1.82, 2.24) is 0 Å². The highest BCUT2D eigenvalue weighted by atomic mass is 16.6. The molecule has 1 aliphatic rings. The molecule has 0 N–H and O–H groups in total. The van der Waals surface area contributed by atoms with Crippen LogP contribution in [0.15, 0.2) is 36.4 Å². The molecule has 14 nitrogen and oxygen atoms in total. The Bertz CT molecular complexity index is 967. The third-order valence-corrected chi connectivity index (χ3v) is 4.69. The molecule has 0 spiro atoms. The molecule has 0 unspecified atom stereocenters. The van der Waals surface area contributed by atoms with Crippen LogP contribution in [0.1, 0.15) is 0 Å². The van der Waals surface area contributed by atoms with Crippen LogP contribution in [0, 0.1) is 40.5 Å². The Morgan fingerprint density at radius 3 is 1.17 bits per heavy atom. The summed E-state index contributed by atoms with van der Waals surface area (Å²) < 4.78 is 0. The van der Waals surface area contributed by atoms with E-state index in [1.807, 2.05) is 0 Å². The monoisotopic (exact) mass is 418 g/mol. The molecular weight excluding hydrogens is 404 g/mol. The maximum Gasteiger partial charge on any atom is 0.293 e. The molecule has 1 saturated heterocycles. The predicted octanol–water partition coefficient (Wildman–Crippen LogP) is 2.65. The molecule has 2 aromatic carbocycles. The molecule has 3 rings (SSSR count). The SMILES string of the molecule is O=[N+]([O-])c1ccc([N+](=O)[O-])c(N2CCN(c3cc([N+](=O)[O-])ccc3[N+](=O)[O-])CC2)c1. The van der Waals surface area contributed by atoms with E-state index in [9.17, 15) is 40.5 Å². The summed E-state index contributed by atoms with van der Waals surface area (Å²) >= 11 is 0. The molecule has 0 aromatic heterocycles. The minimum absolute atomic E-state index is 0.0717. The standard InChI is InChI=1S/C16H14N6O8/c23-19(24)11-1-3-13(21(27)28)15(9-11)17-5-7-18(8-6-17)16-10-12(20(25)26)2-4-14(16)22(29)30/h1-4,9-10H,5-8H2. The van der Waals surface area contributed by atoms with Crippen LogP contribution in [0.2, 0.25) is 0 Å². The lowest BCUT2D eigenvalue weighted by molar-refractivity contribution is -0.388. The average Bonchev–Trinajstić information content (AvgIpc) is 2.72. The third kappa shape index (κ3) is 3.91. The Morgan fingerprint density at radius 1 is 0.567 bits per heavy atom. The van der Waals surface area contributed by atoms with Crippen LogP contribution in [-0.4, -0.2) is 45.9 Å². The van der Waals surface area contributed by atoms with E-state index in [2.05, 4.69) is 0 Å². The van der Waals surface area contributed by atoms with Crippen LogP contribution in [0.5, 0.6) is 0 Å². The van der Waals surface area contributed by atoms with Crippen LogP contribution in [0.25, 0.3) is 0 Å². The Balaban J connectivity index is 1.89. The largest absolute Gasteiger partial charge is 0.362 e. The van der Waals surface area contributed by atoms with Gasteiger partial charge < -0.3 is 9.80 Å². The van der Waals surface area contributed by atoms with Crippen molar-refractivity contribution in [3.05, 3.63) is 76.9 Å². The van der Waals surface area contributed by atoms with Crippen molar-refractivity contribution < 1.29 is 19.7 Å². The molecular formula is C16H14N6O8. The van der Waals surface area contributed by atoms with Crippen LogP contribution in [0.3, 0.4) is 0 Å². The van der Waals surface area contributed by atoms with E-state index in [1.54, 1.807) is 9.80 Å². The lowest BCUT2D eigenvalue weighted by Crippen LogP contribution is -2.46. The van der Waals surface area contributed by atoms with Gasteiger partial charge in [0.15, 0.2) is 0 Å². The molecule has 2 aromatic rings. The number of nitro benzene ring substituents is 4. The van der Waals surface area contributed by atoms with Crippen LogP contribution >= 0.6 is 0 Å². The maximum atomic E-state index is 11.3. The summed E-state index contributed by atoms with van der Waals surface area (Å²) in [5, 5.41) is 44.7. The van der Waals surface area contributed by atoms with Crippen molar-refractivity contribution in [1.29, 1.82) is 0 Å². The van der Waals surface area contributed by atoms with Crippen LogP contribution in [-0.2, 0) is 0 Å². The zero-order valence-electron chi connectivity index (χ0n) is 15.2. The normalized spacial score (nSPS) is 13.7. The summed E-state index contributed by atoms with van der Waals surface area (Å²) in [7, 11) is 0. The van der Waals surface area contributed by atoms with Gasteiger partial charge in [-0.15, -0.1) is 0 Å². The number of hydrogen-bond donors (Lipinski definition) is 0. The number of anilines is 2. The Labute approximate surface area is 167 Å². The molecule has 156 valence electrons. The van der Waals surface area contributed by atoms with Gasteiger partial charge in [-0.05, 0) is 0 Å². The highest BCUT2D eigenvalue weighted by Gasteiger charge is 2.29. The van der Waals surface area contributed by atoms with Crippen LogP contribution in [0.4, 0.5) is 34.1 Å². The smallest absolute Gasteiger partial charge is 0.293 e.